The highest BCUT2D eigenvalue weighted by atomic mass is 32.1. The molecule has 1 aromatic heterocycles. The topological polar surface area (TPSA) is 21.3 Å². The lowest BCUT2D eigenvalue weighted by atomic mass is 10.1. The zero-order valence-electron chi connectivity index (χ0n) is 9.45. The largest absolute Gasteiger partial charge is 0.377 e. The third-order valence-corrected chi connectivity index (χ3v) is 4.21. The highest BCUT2D eigenvalue weighted by Crippen LogP contribution is 2.18. The lowest BCUT2D eigenvalue weighted by Gasteiger charge is -2.14. The van der Waals surface area contributed by atoms with E-state index < -0.39 is 0 Å². The van der Waals surface area contributed by atoms with Gasteiger partial charge in [0, 0.05) is 28.9 Å². The standard InChI is InChI=1S/C12H19NOS/c1-3-10-4-5-11(15-10)8-13-12-6-7-14-9(12)2/h4-5,9,12-13H,3,6-8H2,1-2H3. The second kappa shape index (κ2) is 5.10. The van der Waals surface area contributed by atoms with Gasteiger partial charge in [0.25, 0.3) is 0 Å². The number of thiophene rings is 1. The van der Waals surface area contributed by atoms with Gasteiger partial charge in [-0.3, -0.25) is 0 Å². The molecule has 2 heterocycles. The Morgan fingerprint density at radius 2 is 2.27 bits per heavy atom. The van der Waals surface area contributed by atoms with Crippen molar-refractivity contribution in [3.8, 4) is 0 Å². The molecule has 1 N–H and O–H groups in total. The van der Waals surface area contributed by atoms with E-state index in [1.165, 1.54) is 9.75 Å². The van der Waals surface area contributed by atoms with E-state index in [4.69, 9.17) is 4.74 Å². The lowest BCUT2D eigenvalue weighted by molar-refractivity contribution is 0.113. The number of rotatable bonds is 4. The first-order valence-electron chi connectivity index (χ1n) is 5.72. The minimum atomic E-state index is 0.371. The number of hydrogen-bond donors (Lipinski definition) is 1. The summed E-state index contributed by atoms with van der Waals surface area (Å²) in [7, 11) is 0. The Labute approximate surface area is 95.6 Å². The van der Waals surface area contributed by atoms with Crippen LogP contribution in [0, 0.1) is 0 Å². The van der Waals surface area contributed by atoms with Crippen LogP contribution in [-0.4, -0.2) is 18.8 Å². The van der Waals surface area contributed by atoms with Crippen LogP contribution in [0.25, 0.3) is 0 Å². The molecule has 0 bridgehead atoms. The van der Waals surface area contributed by atoms with Gasteiger partial charge in [0.15, 0.2) is 0 Å². The molecule has 0 aromatic carbocycles. The molecule has 0 amide bonds. The van der Waals surface area contributed by atoms with Crippen LogP contribution in [0.5, 0.6) is 0 Å². The second-order valence-corrected chi connectivity index (χ2v) is 5.33. The van der Waals surface area contributed by atoms with Gasteiger partial charge < -0.3 is 10.1 Å². The van der Waals surface area contributed by atoms with Crippen LogP contribution in [-0.2, 0) is 17.7 Å². The first-order chi connectivity index (χ1) is 7.29. The van der Waals surface area contributed by atoms with E-state index in [9.17, 15) is 0 Å². The van der Waals surface area contributed by atoms with Crippen molar-refractivity contribution in [3.63, 3.8) is 0 Å². The van der Waals surface area contributed by atoms with Gasteiger partial charge in [0.05, 0.1) is 6.10 Å². The van der Waals surface area contributed by atoms with Crippen molar-refractivity contribution in [1.82, 2.24) is 5.32 Å². The van der Waals surface area contributed by atoms with Crippen molar-refractivity contribution in [2.75, 3.05) is 6.61 Å². The Bertz CT molecular complexity index is 310. The van der Waals surface area contributed by atoms with E-state index in [1.54, 1.807) is 0 Å². The predicted molar refractivity (Wildman–Crippen MR) is 64.4 cm³/mol. The molecular weight excluding hydrogens is 206 g/mol. The first-order valence-corrected chi connectivity index (χ1v) is 6.54. The Morgan fingerprint density at radius 3 is 2.87 bits per heavy atom. The molecule has 0 spiro atoms. The molecule has 0 aliphatic carbocycles. The summed E-state index contributed by atoms with van der Waals surface area (Å²) >= 11 is 1.91. The van der Waals surface area contributed by atoms with Gasteiger partial charge in [0.2, 0.25) is 0 Å². The van der Waals surface area contributed by atoms with Crippen LogP contribution in [0.2, 0.25) is 0 Å². The summed E-state index contributed by atoms with van der Waals surface area (Å²) in [4.78, 5) is 2.91. The monoisotopic (exact) mass is 225 g/mol. The van der Waals surface area contributed by atoms with Gasteiger partial charge in [0.1, 0.15) is 0 Å². The first kappa shape index (κ1) is 11.1. The number of hydrogen-bond acceptors (Lipinski definition) is 3. The van der Waals surface area contributed by atoms with E-state index in [2.05, 4.69) is 31.3 Å². The van der Waals surface area contributed by atoms with Gasteiger partial charge in [-0.15, -0.1) is 11.3 Å². The van der Waals surface area contributed by atoms with Crippen LogP contribution < -0.4 is 5.32 Å². The van der Waals surface area contributed by atoms with Crippen LogP contribution in [0.1, 0.15) is 30.0 Å². The summed E-state index contributed by atoms with van der Waals surface area (Å²) in [5, 5.41) is 3.57. The molecule has 2 atom stereocenters. The van der Waals surface area contributed by atoms with Crippen molar-refractivity contribution < 1.29 is 4.74 Å². The van der Waals surface area contributed by atoms with Crippen molar-refractivity contribution in [1.29, 1.82) is 0 Å². The maximum atomic E-state index is 5.52. The van der Waals surface area contributed by atoms with Crippen molar-refractivity contribution in [2.24, 2.45) is 0 Å². The quantitative estimate of drug-likeness (QED) is 0.850. The number of ether oxygens (including phenoxy) is 1. The number of nitrogens with one attached hydrogen (secondary N) is 1. The Hall–Kier alpha value is -0.380. The highest BCUT2D eigenvalue weighted by Gasteiger charge is 2.23. The summed E-state index contributed by atoms with van der Waals surface area (Å²) < 4.78 is 5.52. The zero-order valence-corrected chi connectivity index (χ0v) is 10.3. The van der Waals surface area contributed by atoms with Crippen molar-refractivity contribution >= 4 is 11.3 Å². The van der Waals surface area contributed by atoms with E-state index in [-0.39, 0.29) is 0 Å². The molecule has 1 aromatic rings. The van der Waals surface area contributed by atoms with Gasteiger partial charge in [-0.1, -0.05) is 6.92 Å². The molecule has 0 saturated carbocycles. The van der Waals surface area contributed by atoms with E-state index in [0.29, 0.717) is 12.1 Å². The molecule has 2 unspecified atom stereocenters. The maximum absolute atomic E-state index is 5.52. The average Bonchev–Trinajstić information content (AvgIpc) is 2.84. The minimum absolute atomic E-state index is 0.371. The molecule has 1 fully saturated rings. The highest BCUT2D eigenvalue weighted by molar-refractivity contribution is 7.11. The number of aryl methyl sites for hydroxylation is 1. The molecule has 1 aliphatic heterocycles. The molecular formula is C12H19NOS. The Morgan fingerprint density at radius 1 is 1.47 bits per heavy atom. The van der Waals surface area contributed by atoms with Gasteiger partial charge in [-0.05, 0) is 31.9 Å². The third kappa shape index (κ3) is 2.80. The zero-order chi connectivity index (χ0) is 10.7. The fraction of sp³-hybridized carbons (Fsp3) is 0.667. The van der Waals surface area contributed by atoms with Crippen LogP contribution >= 0.6 is 11.3 Å². The minimum Gasteiger partial charge on any atom is -0.377 e. The molecule has 1 saturated heterocycles. The summed E-state index contributed by atoms with van der Waals surface area (Å²) in [6.45, 7) is 6.25. The predicted octanol–water partition coefficient (Wildman–Crippen LogP) is 2.58. The van der Waals surface area contributed by atoms with E-state index >= 15 is 0 Å². The lowest BCUT2D eigenvalue weighted by Crippen LogP contribution is -2.33. The molecule has 3 heteroatoms. The van der Waals surface area contributed by atoms with E-state index in [0.717, 1.165) is 26.0 Å². The maximum Gasteiger partial charge on any atom is 0.0700 e. The van der Waals surface area contributed by atoms with Crippen LogP contribution in [0.4, 0.5) is 0 Å². The smallest absolute Gasteiger partial charge is 0.0700 e. The van der Waals surface area contributed by atoms with Gasteiger partial charge in [-0.25, -0.2) is 0 Å². The van der Waals surface area contributed by atoms with Crippen LogP contribution in [0.3, 0.4) is 0 Å². The summed E-state index contributed by atoms with van der Waals surface area (Å²) in [5.74, 6) is 0. The Balaban J connectivity index is 1.82. The van der Waals surface area contributed by atoms with Gasteiger partial charge in [-0.2, -0.15) is 0 Å². The van der Waals surface area contributed by atoms with Crippen LogP contribution in [0.15, 0.2) is 12.1 Å². The third-order valence-electron chi connectivity index (χ3n) is 2.98. The van der Waals surface area contributed by atoms with Gasteiger partial charge >= 0.3 is 0 Å². The molecule has 2 nitrogen and oxygen atoms in total. The average molecular weight is 225 g/mol. The normalized spacial score (nSPS) is 26.0. The van der Waals surface area contributed by atoms with Crippen molar-refractivity contribution in [2.45, 2.75) is 45.4 Å². The summed E-state index contributed by atoms with van der Waals surface area (Å²) in [5.41, 5.74) is 0. The molecule has 1 aliphatic rings. The molecule has 2 rings (SSSR count). The SMILES string of the molecule is CCc1ccc(CNC2CCOC2C)s1. The fourth-order valence-corrected chi connectivity index (χ4v) is 2.85. The fourth-order valence-electron chi connectivity index (χ4n) is 1.94. The molecule has 84 valence electrons. The molecule has 15 heavy (non-hydrogen) atoms. The second-order valence-electron chi connectivity index (χ2n) is 4.07. The van der Waals surface area contributed by atoms with E-state index in [1.807, 2.05) is 11.3 Å². The summed E-state index contributed by atoms with van der Waals surface area (Å²) in [6.07, 6.45) is 2.66. The Kier molecular flexibility index (Phi) is 3.78. The molecule has 0 radical (unpaired) electrons. The van der Waals surface area contributed by atoms with Crippen molar-refractivity contribution in [3.05, 3.63) is 21.9 Å². The summed E-state index contributed by atoms with van der Waals surface area (Å²) in [6, 6.07) is 5.00.